The number of ether oxygens (including phenoxy) is 1. The summed E-state index contributed by atoms with van der Waals surface area (Å²) < 4.78 is 7.14. The second-order valence-corrected chi connectivity index (χ2v) is 9.01. The maximum atomic E-state index is 13.1. The fraction of sp³-hybridized carbons (Fsp3) is 0.950. The summed E-state index contributed by atoms with van der Waals surface area (Å²) in [5, 5.41) is 11.5. The summed E-state index contributed by atoms with van der Waals surface area (Å²) in [4.78, 5) is 13.1. The van der Waals surface area contributed by atoms with E-state index in [1.807, 2.05) is 0 Å². The Bertz CT molecular complexity index is 444. The first-order valence-corrected chi connectivity index (χ1v) is 10.4. The van der Waals surface area contributed by atoms with Crippen LogP contribution in [0.15, 0.2) is 0 Å². The number of quaternary nitrogens is 1. The standard InChI is InChI=1S/C20H34NO3/c22-19(24-18-11-14-21(15-18)12-5-6-13-21)20(23,16-7-1-2-8-16)17-9-3-4-10-17/h16-18,23H,1-15H2/q+1. The van der Waals surface area contributed by atoms with Crippen molar-refractivity contribution in [1.29, 1.82) is 0 Å². The van der Waals surface area contributed by atoms with Gasteiger partial charge in [0.05, 0.1) is 19.6 Å². The van der Waals surface area contributed by atoms with Crippen molar-refractivity contribution in [2.75, 3.05) is 26.2 Å². The summed E-state index contributed by atoms with van der Waals surface area (Å²) >= 11 is 0. The minimum atomic E-state index is -1.20. The van der Waals surface area contributed by atoms with E-state index in [-0.39, 0.29) is 23.9 Å². The number of nitrogens with zero attached hydrogens (tertiary/aromatic N) is 1. The number of rotatable bonds is 4. The highest BCUT2D eigenvalue weighted by Gasteiger charge is 2.54. The van der Waals surface area contributed by atoms with E-state index in [0.717, 1.165) is 75.4 Å². The van der Waals surface area contributed by atoms with Crippen molar-refractivity contribution in [3.8, 4) is 0 Å². The predicted molar refractivity (Wildman–Crippen MR) is 92.3 cm³/mol. The van der Waals surface area contributed by atoms with Gasteiger partial charge in [-0.3, -0.25) is 0 Å². The molecule has 2 saturated carbocycles. The van der Waals surface area contributed by atoms with Crippen LogP contribution < -0.4 is 0 Å². The lowest BCUT2D eigenvalue weighted by Crippen LogP contribution is -2.53. The van der Waals surface area contributed by atoms with Crippen molar-refractivity contribution in [2.45, 2.75) is 82.3 Å². The molecule has 2 aliphatic heterocycles. The summed E-state index contributed by atoms with van der Waals surface area (Å²) in [7, 11) is 0. The van der Waals surface area contributed by atoms with Gasteiger partial charge in [0.15, 0.2) is 11.7 Å². The molecule has 4 fully saturated rings. The summed E-state index contributed by atoms with van der Waals surface area (Å²) in [6, 6.07) is 0. The zero-order chi connectivity index (χ0) is 16.6. The van der Waals surface area contributed by atoms with Crippen LogP contribution in [0.25, 0.3) is 0 Å². The molecule has 2 heterocycles. The minimum Gasteiger partial charge on any atom is -0.454 e. The summed E-state index contributed by atoms with van der Waals surface area (Å²) in [5.74, 6) is -0.0144. The quantitative estimate of drug-likeness (QED) is 0.634. The van der Waals surface area contributed by atoms with Gasteiger partial charge in [0.2, 0.25) is 0 Å². The largest absolute Gasteiger partial charge is 0.454 e. The molecule has 0 radical (unpaired) electrons. The molecule has 0 amide bonds. The first kappa shape index (κ1) is 16.8. The molecule has 4 rings (SSSR count). The van der Waals surface area contributed by atoms with Crippen LogP contribution in [0.2, 0.25) is 0 Å². The average molecular weight is 336 g/mol. The van der Waals surface area contributed by atoms with Gasteiger partial charge in [-0.05, 0) is 37.5 Å². The van der Waals surface area contributed by atoms with E-state index >= 15 is 0 Å². The van der Waals surface area contributed by atoms with Gasteiger partial charge in [0.1, 0.15) is 6.54 Å². The van der Waals surface area contributed by atoms with Crippen molar-refractivity contribution in [2.24, 2.45) is 11.8 Å². The molecule has 4 heteroatoms. The Morgan fingerprint density at radius 1 is 0.833 bits per heavy atom. The van der Waals surface area contributed by atoms with Crippen molar-refractivity contribution >= 4 is 5.97 Å². The number of hydrogen-bond donors (Lipinski definition) is 1. The molecular formula is C20H34NO3+. The normalized spacial score (nSPS) is 31.3. The highest BCUT2D eigenvalue weighted by molar-refractivity contribution is 5.80. The Labute approximate surface area is 146 Å². The zero-order valence-corrected chi connectivity index (χ0v) is 15.0. The van der Waals surface area contributed by atoms with E-state index in [1.165, 1.54) is 25.9 Å². The van der Waals surface area contributed by atoms with E-state index in [1.54, 1.807) is 0 Å². The second-order valence-electron chi connectivity index (χ2n) is 9.01. The molecular weight excluding hydrogens is 302 g/mol. The molecule has 1 atom stereocenters. The van der Waals surface area contributed by atoms with Crippen LogP contribution in [0.1, 0.15) is 70.6 Å². The van der Waals surface area contributed by atoms with Crippen molar-refractivity contribution in [1.82, 2.24) is 0 Å². The molecule has 0 bridgehead atoms. The van der Waals surface area contributed by atoms with Gasteiger partial charge in [0.25, 0.3) is 0 Å². The van der Waals surface area contributed by atoms with Crippen LogP contribution in [0.4, 0.5) is 0 Å². The van der Waals surface area contributed by atoms with Crippen LogP contribution >= 0.6 is 0 Å². The van der Waals surface area contributed by atoms with Crippen LogP contribution in [-0.2, 0) is 9.53 Å². The maximum Gasteiger partial charge on any atom is 0.339 e. The van der Waals surface area contributed by atoms with Gasteiger partial charge in [-0.2, -0.15) is 0 Å². The Morgan fingerprint density at radius 3 is 1.92 bits per heavy atom. The molecule has 1 unspecified atom stereocenters. The van der Waals surface area contributed by atoms with Gasteiger partial charge in [-0.15, -0.1) is 0 Å². The topological polar surface area (TPSA) is 46.5 Å². The Hall–Kier alpha value is -0.610. The molecule has 0 aromatic carbocycles. The molecule has 0 aromatic rings. The highest BCUT2D eigenvalue weighted by atomic mass is 16.6. The van der Waals surface area contributed by atoms with Crippen molar-refractivity contribution in [3.63, 3.8) is 0 Å². The SMILES string of the molecule is O=C(OC1CC[N+]2(CCCC2)C1)C(O)(C1CCCC1)C1CCCC1. The first-order chi connectivity index (χ1) is 11.6. The lowest BCUT2D eigenvalue weighted by Gasteiger charge is -2.37. The molecule has 2 aliphatic carbocycles. The fourth-order valence-corrected chi connectivity index (χ4v) is 6.19. The van der Waals surface area contributed by atoms with Crippen molar-refractivity contribution in [3.05, 3.63) is 0 Å². The number of carbonyl (C=O) groups excluding carboxylic acids is 1. The molecule has 1 spiro atoms. The van der Waals surface area contributed by atoms with Gasteiger partial charge in [0, 0.05) is 19.3 Å². The Kier molecular flexibility index (Phi) is 4.63. The molecule has 136 valence electrons. The lowest BCUT2D eigenvalue weighted by molar-refractivity contribution is -0.906. The van der Waals surface area contributed by atoms with Crippen LogP contribution in [0.5, 0.6) is 0 Å². The summed E-state index contributed by atoms with van der Waals surface area (Å²) in [5.41, 5.74) is -1.20. The van der Waals surface area contributed by atoms with Crippen molar-refractivity contribution < 1.29 is 19.1 Å². The van der Waals surface area contributed by atoms with Gasteiger partial charge in [-0.1, -0.05) is 25.7 Å². The van der Waals surface area contributed by atoms with E-state index in [0.29, 0.717) is 0 Å². The first-order valence-electron chi connectivity index (χ1n) is 10.4. The molecule has 4 aliphatic rings. The highest BCUT2D eigenvalue weighted by Crippen LogP contribution is 2.45. The third-order valence-electron chi connectivity index (χ3n) is 7.59. The van der Waals surface area contributed by atoms with E-state index in [4.69, 9.17) is 4.74 Å². The number of aliphatic hydroxyl groups is 1. The predicted octanol–water partition coefficient (Wildman–Crippen LogP) is 3.02. The van der Waals surface area contributed by atoms with Crippen LogP contribution in [0.3, 0.4) is 0 Å². The van der Waals surface area contributed by atoms with Gasteiger partial charge < -0.3 is 14.3 Å². The maximum absolute atomic E-state index is 13.1. The molecule has 1 N–H and O–H groups in total. The van der Waals surface area contributed by atoms with E-state index in [9.17, 15) is 9.90 Å². The molecule has 2 saturated heterocycles. The van der Waals surface area contributed by atoms with E-state index in [2.05, 4.69) is 0 Å². The van der Waals surface area contributed by atoms with Crippen LogP contribution in [0, 0.1) is 11.8 Å². The fourth-order valence-electron chi connectivity index (χ4n) is 6.19. The Morgan fingerprint density at radius 2 is 1.38 bits per heavy atom. The Balaban J connectivity index is 1.45. The zero-order valence-electron chi connectivity index (χ0n) is 15.0. The number of hydrogen-bond acceptors (Lipinski definition) is 3. The molecule has 0 aromatic heterocycles. The summed E-state index contributed by atoms with van der Waals surface area (Å²) in [6.45, 7) is 4.65. The molecule has 4 nitrogen and oxygen atoms in total. The number of esters is 1. The molecule has 24 heavy (non-hydrogen) atoms. The lowest BCUT2D eigenvalue weighted by atomic mass is 9.75. The smallest absolute Gasteiger partial charge is 0.339 e. The third-order valence-corrected chi connectivity index (χ3v) is 7.59. The van der Waals surface area contributed by atoms with Gasteiger partial charge in [-0.25, -0.2) is 4.79 Å². The van der Waals surface area contributed by atoms with E-state index < -0.39 is 5.60 Å². The monoisotopic (exact) mass is 336 g/mol. The average Bonchev–Trinajstić information content (AvgIpc) is 3.38. The third kappa shape index (κ3) is 2.90. The second kappa shape index (κ2) is 6.60. The van der Waals surface area contributed by atoms with Crippen LogP contribution in [-0.4, -0.2) is 53.4 Å². The summed E-state index contributed by atoms with van der Waals surface area (Å²) in [6.07, 6.45) is 12.2. The number of carbonyl (C=O) groups is 1. The minimum absolute atomic E-state index is 0.0323. The van der Waals surface area contributed by atoms with Gasteiger partial charge >= 0.3 is 5.97 Å².